The van der Waals surface area contributed by atoms with E-state index in [2.05, 4.69) is 9.88 Å². The molecule has 0 aliphatic heterocycles. The maximum absolute atomic E-state index is 4.82. The third kappa shape index (κ3) is 2.19. The molecule has 0 bridgehead atoms. The Hall–Kier alpha value is -0.830. The second-order valence-corrected chi connectivity index (χ2v) is 2.53. The first-order valence-electron chi connectivity index (χ1n) is 3.31. The van der Waals surface area contributed by atoms with E-state index in [4.69, 9.17) is 4.42 Å². The number of rotatable bonds is 3. The molecule has 0 fully saturated rings. The monoisotopic (exact) mass is 140 g/mol. The maximum Gasteiger partial charge on any atom is 0.180 e. The SMILES string of the molecule is CN(C)CCc1cocn1. The zero-order chi connectivity index (χ0) is 7.40. The van der Waals surface area contributed by atoms with E-state index in [9.17, 15) is 0 Å². The summed E-state index contributed by atoms with van der Waals surface area (Å²) in [5.74, 6) is 0. The Morgan fingerprint density at radius 1 is 1.60 bits per heavy atom. The summed E-state index contributed by atoms with van der Waals surface area (Å²) in [4.78, 5) is 6.11. The van der Waals surface area contributed by atoms with Crippen LogP contribution in [0.1, 0.15) is 5.69 Å². The van der Waals surface area contributed by atoms with Gasteiger partial charge in [-0.25, -0.2) is 4.98 Å². The van der Waals surface area contributed by atoms with Gasteiger partial charge in [-0.15, -0.1) is 0 Å². The summed E-state index contributed by atoms with van der Waals surface area (Å²) in [7, 11) is 4.08. The molecule has 1 rings (SSSR count). The summed E-state index contributed by atoms with van der Waals surface area (Å²) in [6.07, 6.45) is 4.11. The van der Waals surface area contributed by atoms with Crippen LogP contribution in [0.2, 0.25) is 0 Å². The van der Waals surface area contributed by atoms with Crippen molar-refractivity contribution in [2.24, 2.45) is 0 Å². The van der Waals surface area contributed by atoms with Gasteiger partial charge in [0, 0.05) is 13.0 Å². The van der Waals surface area contributed by atoms with Crippen LogP contribution in [0.3, 0.4) is 0 Å². The van der Waals surface area contributed by atoms with Gasteiger partial charge in [0.05, 0.1) is 5.69 Å². The molecule has 56 valence electrons. The molecular formula is C7H12N2O. The van der Waals surface area contributed by atoms with Crippen LogP contribution in [0, 0.1) is 0 Å². The molecule has 0 atom stereocenters. The standard InChI is InChI=1S/C7H12N2O/c1-9(2)4-3-7-5-10-6-8-7/h5-6H,3-4H2,1-2H3. The molecule has 3 nitrogen and oxygen atoms in total. The second-order valence-electron chi connectivity index (χ2n) is 2.53. The Morgan fingerprint density at radius 2 is 2.40 bits per heavy atom. The molecule has 0 N–H and O–H groups in total. The highest BCUT2D eigenvalue weighted by molar-refractivity contribution is 4.90. The highest BCUT2D eigenvalue weighted by Crippen LogP contribution is 1.95. The van der Waals surface area contributed by atoms with Crippen molar-refractivity contribution in [1.82, 2.24) is 9.88 Å². The highest BCUT2D eigenvalue weighted by Gasteiger charge is 1.95. The summed E-state index contributed by atoms with van der Waals surface area (Å²) in [6, 6.07) is 0. The first-order valence-corrected chi connectivity index (χ1v) is 3.31. The Bertz CT molecular complexity index is 170. The molecule has 0 saturated carbocycles. The number of hydrogen-bond acceptors (Lipinski definition) is 3. The minimum Gasteiger partial charge on any atom is -0.451 e. The summed E-state index contributed by atoms with van der Waals surface area (Å²) in [5.41, 5.74) is 1.02. The van der Waals surface area contributed by atoms with Gasteiger partial charge in [-0.2, -0.15) is 0 Å². The lowest BCUT2D eigenvalue weighted by Gasteiger charge is -2.05. The van der Waals surface area contributed by atoms with Crippen molar-refractivity contribution in [2.45, 2.75) is 6.42 Å². The number of oxazole rings is 1. The number of nitrogens with zero attached hydrogens (tertiary/aromatic N) is 2. The predicted octanol–water partition coefficient (Wildman–Crippen LogP) is 0.779. The highest BCUT2D eigenvalue weighted by atomic mass is 16.3. The van der Waals surface area contributed by atoms with E-state index in [0.717, 1.165) is 18.7 Å². The van der Waals surface area contributed by atoms with Crippen LogP contribution in [0.4, 0.5) is 0 Å². The van der Waals surface area contributed by atoms with Crippen LogP contribution in [0.5, 0.6) is 0 Å². The zero-order valence-electron chi connectivity index (χ0n) is 6.37. The lowest BCUT2D eigenvalue weighted by Crippen LogP contribution is -2.15. The maximum atomic E-state index is 4.82. The summed E-state index contributed by atoms with van der Waals surface area (Å²) >= 11 is 0. The third-order valence-electron chi connectivity index (χ3n) is 1.30. The summed E-state index contributed by atoms with van der Waals surface area (Å²) in [5, 5.41) is 0. The zero-order valence-corrected chi connectivity index (χ0v) is 6.37. The van der Waals surface area contributed by atoms with E-state index in [1.165, 1.54) is 6.39 Å². The van der Waals surface area contributed by atoms with Gasteiger partial charge in [0.15, 0.2) is 6.39 Å². The molecule has 1 aromatic heterocycles. The van der Waals surface area contributed by atoms with Gasteiger partial charge in [-0.1, -0.05) is 0 Å². The van der Waals surface area contributed by atoms with Crippen LogP contribution < -0.4 is 0 Å². The lowest BCUT2D eigenvalue weighted by atomic mass is 10.3. The topological polar surface area (TPSA) is 29.3 Å². The van der Waals surface area contributed by atoms with E-state index in [-0.39, 0.29) is 0 Å². The minimum absolute atomic E-state index is 0.962. The van der Waals surface area contributed by atoms with Gasteiger partial charge in [0.2, 0.25) is 0 Å². The van der Waals surface area contributed by atoms with Crippen molar-refractivity contribution < 1.29 is 4.42 Å². The van der Waals surface area contributed by atoms with Crippen molar-refractivity contribution in [3.8, 4) is 0 Å². The smallest absolute Gasteiger partial charge is 0.180 e. The van der Waals surface area contributed by atoms with Crippen molar-refractivity contribution in [2.75, 3.05) is 20.6 Å². The van der Waals surface area contributed by atoms with Crippen molar-refractivity contribution in [1.29, 1.82) is 0 Å². The number of likely N-dealkylation sites (N-methyl/N-ethyl adjacent to an activating group) is 1. The Labute approximate surface area is 60.7 Å². The van der Waals surface area contributed by atoms with Crippen LogP contribution >= 0.6 is 0 Å². The first-order chi connectivity index (χ1) is 4.79. The van der Waals surface area contributed by atoms with Crippen molar-refractivity contribution in [3.63, 3.8) is 0 Å². The third-order valence-corrected chi connectivity index (χ3v) is 1.30. The van der Waals surface area contributed by atoms with Gasteiger partial charge >= 0.3 is 0 Å². The Balaban J connectivity index is 2.28. The quantitative estimate of drug-likeness (QED) is 0.621. The average molecular weight is 140 g/mol. The lowest BCUT2D eigenvalue weighted by molar-refractivity contribution is 0.411. The number of hydrogen-bond donors (Lipinski definition) is 0. The fourth-order valence-electron chi connectivity index (χ4n) is 0.699. The average Bonchev–Trinajstić information content (AvgIpc) is 2.34. The van der Waals surface area contributed by atoms with Gasteiger partial charge in [-0.05, 0) is 14.1 Å². The van der Waals surface area contributed by atoms with E-state index >= 15 is 0 Å². The fraction of sp³-hybridized carbons (Fsp3) is 0.571. The molecule has 3 heteroatoms. The van der Waals surface area contributed by atoms with Gasteiger partial charge in [0.1, 0.15) is 6.26 Å². The Kier molecular flexibility index (Phi) is 2.45. The van der Waals surface area contributed by atoms with Crippen LogP contribution in [0.15, 0.2) is 17.1 Å². The van der Waals surface area contributed by atoms with E-state index in [1.54, 1.807) is 6.26 Å². The van der Waals surface area contributed by atoms with E-state index < -0.39 is 0 Å². The molecule has 0 spiro atoms. The molecule has 0 radical (unpaired) electrons. The summed E-state index contributed by atoms with van der Waals surface area (Å²) < 4.78 is 4.82. The first kappa shape index (κ1) is 7.28. The number of aromatic nitrogens is 1. The van der Waals surface area contributed by atoms with E-state index in [1.807, 2.05) is 14.1 Å². The molecule has 0 unspecified atom stereocenters. The fourth-order valence-corrected chi connectivity index (χ4v) is 0.699. The predicted molar refractivity (Wildman–Crippen MR) is 38.8 cm³/mol. The molecule has 1 aromatic rings. The van der Waals surface area contributed by atoms with Gasteiger partial charge < -0.3 is 9.32 Å². The summed E-state index contributed by atoms with van der Waals surface area (Å²) in [6.45, 7) is 1.02. The van der Waals surface area contributed by atoms with Crippen LogP contribution in [-0.2, 0) is 6.42 Å². The molecule has 0 aromatic carbocycles. The molecule has 0 aliphatic rings. The second kappa shape index (κ2) is 3.37. The largest absolute Gasteiger partial charge is 0.451 e. The molecule has 10 heavy (non-hydrogen) atoms. The molecule has 0 amide bonds. The van der Waals surface area contributed by atoms with Crippen molar-refractivity contribution in [3.05, 3.63) is 18.4 Å². The molecule has 0 aliphatic carbocycles. The van der Waals surface area contributed by atoms with Gasteiger partial charge in [-0.3, -0.25) is 0 Å². The molecule has 0 saturated heterocycles. The van der Waals surface area contributed by atoms with Crippen LogP contribution in [0.25, 0.3) is 0 Å². The van der Waals surface area contributed by atoms with E-state index in [0.29, 0.717) is 0 Å². The molecular weight excluding hydrogens is 128 g/mol. The van der Waals surface area contributed by atoms with Crippen LogP contribution in [-0.4, -0.2) is 30.5 Å². The molecule has 1 heterocycles. The van der Waals surface area contributed by atoms with Gasteiger partial charge in [0.25, 0.3) is 0 Å². The van der Waals surface area contributed by atoms with Crippen molar-refractivity contribution >= 4 is 0 Å². The Morgan fingerprint density at radius 3 is 2.90 bits per heavy atom. The normalized spacial score (nSPS) is 10.7. The minimum atomic E-state index is 0.962.